The molecule has 0 bridgehead atoms. The summed E-state index contributed by atoms with van der Waals surface area (Å²) in [5.74, 6) is 0.181. The number of rotatable bonds is 7. The van der Waals surface area contributed by atoms with Crippen molar-refractivity contribution in [3.63, 3.8) is 0 Å². The molecule has 1 atom stereocenters. The average Bonchev–Trinajstić information content (AvgIpc) is 2.77. The Labute approximate surface area is 183 Å². The van der Waals surface area contributed by atoms with Gasteiger partial charge in [-0.1, -0.05) is 18.2 Å². The van der Waals surface area contributed by atoms with Crippen molar-refractivity contribution in [3.8, 4) is 11.1 Å². The molecule has 31 heavy (non-hydrogen) atoms. The number of hydrogen-bond acceptors (Lipinski definition) is 4. The maximum Gasteiger partial charge on any atom is 0.335 e. The fraction of sp³-hybridized carbons (Fsp3) is 0.375. The minimum Gasteiger partial charge on any atom is -0.478 e. The summed E-state index contributed by atoms with van der Waals surface area (Å²) in [5, 5.41) is 28.6. The smallest absolute Gasteiger partial charge is 0.335 e. The molecule has 164 valence electrons. The molecule has 2 aromatic carbocycles. The van der Waals surface area contributed by atoms with Crippen LogP contribution in [-0.4, -0.2) is 46.8 Å². The molecule has 7 nitrogen and oxygen atoms in total. The van der Waals surface area contributed by atoms with Crippen molar-refractivity contribution in [2.24, 2.45) is 11.7 Å². The fourth-order valence-electron chi connectivity index (χ4n) is 4.13. The molecule has 1 saturated heterocycles. The summed E-state index contributed by atoms with van der Waals surface area (Å²) in [5.41, 5.74) is 8.99. The van der Waals surface area contributed by atoms with Crippen molar-refractivity contribution >= 4 is 17.6 Å². The van der Waals surface area contributed by atoms with Crippen LogP contribution in [0.1, 0.15) is 48.2 Å². The van der Waals surface area contributed by atoms with E-state index >= 15 is 0 Å². The standard InChI is InChI=1S/C24H31N5O2/c1-15(18-6-8-29(9-7-18)16(2)25)28-14-17-10-21(13-22(11-17)24(30)31)19-4-3-5-20(12-19)23(26)27/h3-5,10-13,15,18,25,28H,6-9,14H2,1-2H3,(H3,26,27)(H,30,31). The number of benzene rings is 2. The number of carboxylic acids is 1. The number of likely N-dealkylation sites (tertiary alicyclic amines) is 1. The first-order valence-electron chi connectivity index (χ1n) is 10.6. The van der Waals surface area contributed by atoms with Gasteiger partial charge >= 0.3 is 5.97 Å². The molecular formula is C24H31N5O2. The SMILES string of the molecule is CC(=N)N1CCC(C(C)NCc2cc(C(=O)O)cc(-c3cccc(C(=N)N)c3)c2)CC1. The number of carboxylic acid groups (broad SMARTS) is 1. The summed E-state index contributed by atoms with van der Waals surface area (Å²) in [6.07, 6.45) is 2.09. The van der Waals surface area contributed by atoms with Gasteiger partial charge in [-0.3, -0.25) is 10.8 Å². The summed E-state index contributed by atoms with van der Waals surface area (Å²) < 4.78 is 0. The molecule has 0 saturated carbocycles. The van der Waals surface area contributed by atoms with Gasteiger partial charge in [-0.05, 0) is 73.6 Å². The van der Waals surface area contributed by atoms with Crippen LogP contribution < -0.4 is 11.1 Å². The highest BCUT2D eigenvalue weighted by atomic mass is 16.4. The molecular weight excluding hydrogens is 390 g/mol. The number of aromatic carboxylic acids is 1. The lowest BCUT2D eigenvalue weighted by atomic mass is 9.90. The van der Waals surface area contributed by atoms with E-state index in [1.54, 1.807) is 18.2 Å². The predicted octanol–water partition coefficient (Wildman–Crippen LogP) is 3.52. The summed E-state index contributed by atoms with van der Waals surface area (Å²) in [6, 6.07) is 12.9. The highest BCUT2D eigenvalue weighted by molar-refractivity contribution is 5.96. The van der Waals surface area contributed by atoms with Crippen LogP contribution in [0.15, 0.2) is 42.5 Å². The lowest BCUT2D eigenvalue weighted by Crippen LogP contribution is -2.43. The molecule has 0 radical (unpaired) electrons. The lowest BCUT2D eigenvalue weighted by Gasteiger charge is -2.35. The number of amidine groups is 2. The second-order valence-electron chi connectivity index (χ2n) is 8.30. The zero-order valence-electron chi connectivity index (χ0n) is 18.1. The van der Waals surface area contributed by atoms with E-state index in [9.17, 15) is 9.90 Å². The van der Waals surface area contributed by atoms with Crippen molar-refractivity contribution in [3.05, 3.63) is 59.2 Å². The topological polar surface area (TPSA) is 126 Å². The zero-order valence-corrected chi connectivity index (χ0v) is 18.1. The molecule has 7 heteroatoms. The van der Waals surface area contributed by atoms with E-state index in [1.165, 1.54) is 0 Å². The van der Waals surface area contributed by atoms with E-state index in [1.807, 2.05) is 31.2 Å². The maximum absolute atomic E-state index is 11.7. The van der Waals surface area contributed by atoms with Gasteiger partial charge in [0.15, 0.2) is 0 Å². The van der Waals surface area contributed by atoms with Crippen molar-refractivity contribution in [1.82, 2.24) is 10.2 Å². The van der Waals surface area contributed by atoms with Crippen molar-refractivity contribution < 1.29 is 9.90 Å². The molecule has 1 heterocycles. The third-order valence-corrected chi connectivity index (χ3v) is 6.10. The normalized spacial score (nSPS) is 15.5. The molecule has 0 amide bonds. The van der Waals surface area contributed by atoms with Gasteiger partial charge in [-0.15, -0.1) is 0 Å². The molecule has 0 aromatic heterocycles. The Morgan fingerprint density at radius 3 is 2.45 bits per heavy atom. The molecule has 1 aliphatic rings. The highest BCUT2D eigenvalue weighted by Crippen LogP contribution is 2.25. The van der Waals surface area contributed by atoms with E-state index in [0.29, 0.717) is 29.9 Å². The second-order valence-corrected chi connectivity index (χ2v) is 8.30. The second kappa shape index (κ2) is 9.75. The van der Waals surface area contributed by atoms with Gasteiger partial charge < -0.3 is 21.1 Å². The van der Waals surface area contributed by atoms with Crippen LogP contribution in [0.3, 0.4) is 0 Å². The Morgan fingerprint density at radius 2 is 1.84 bits per heavy atom. The quantitative estimate of drug-likeness (QED) is 0.345. The fourth-order valence-corrected chi connectivity index (χ4v) is 4.13. The van der Waals surface area contributed by atoms with E-state index < -0.39 is 5.97 Å². The minimum absolute atomic E-state index is 0.0174. The first-order chi connectivity index (χ1) is 14.7. The predicted molar refractivity (Wildman–Crippen MR) is 124 cm³/mol. The Kier molecular flexibility index (Phi) is 7.07. The molecule has 0 aliphatic carbocycles. The number of nitrogen functional groups attached to an aromatic ring is 1. The molecule has 1 aliphatic heterocycles. The van der Waals surface area contributed by atoms with Crippen LogP contribution >= 0.6 is 0 Å². The van der Waals surface area contributed by atoms with Crippen LogP contribution in [0.2, 0.25) is 0 Å². The van der Waals surface area contributed by atoms with E-state index in [-0.39, 0.29) is 11.4 Å². The molecule has 1 fully saturated rings. The van der Waals surface area contributed by atoms with Gasteiger partial charge in [0.25, 0.3) is 0 Å². The van der Waals surface area contributed by atoms with E-state index in [2.05, 4.69) is 17.1 Å². The Bertz CT molecular complexity index is 980. The van der Waals surface area contributed by atoms with Gasteiger partial charge in [0, 0.05) is 31.2 Å². The summed E-state index contributed by atoms with van der Waals surface area (Å²) in [6.45, 7) is 6.41. The Balaban J connectivity index is 1.74. The molecule has 1 unspecified atom stereocenters. The van der Waals surface area contributed by atoms with Crippen molar-refractivity contribution in [2.75, 3.05) is 13.1 Å². The first kappa shape index (κ1) is 22.5. The van der Waals surface area contributed by atoms with Crippen molar-refractivity contribution in [2.45, 2.75) is 39.3 Å². The third-order valence-electron chi connectivity index (χ3n) is 6.10. The number of hydrogen-bond donors (Lipinski definition) is 5. The maximum atomic E-state index is 11.7. The van der Waals surface area contributed by atoms with Crippen LogP contribution in [-0.2, 0) is 6.54 Å². The number of piperidine rings is 1. The number of nitrogens with one attached hydrogen (secondary N) is 3. The largest absolute Gasteiger partial charge is 0.478 e. The van der Waals surface area contributed by atoms with Crippen LogP contribution in [0.5, 0.6) is 0 Å². The molecule has 6 N–H and O–H groups in total. The summed E-state index contributed by atoms with van der Waals surface area (Å²) >= 11 is 0. The molecule has 2 aromatic rings. The van der Waals surface area contributed by atoms with Gasteiger partial charge in [-0.2, -0.15) is 0 Å². The van der Waals surface area contributed by atoms with E-state index in [4.69, 9.17) is 16.6 Å². The third kappa shape index (κ3) is 5.70. The lowest BCUT2D eigenvalue weighted by molar-refractivity contribution is 0.0696. The first-order valence-corrected chi connectivity index (χ1v) is 10.6. The average molecular weight is 422 g/mol. The minimum atomic E-state index is -0.965. The number of nitrogens with two attached hydrogens (primary N) is 1. The summed E-state index contributed by atoms with van der Waals surface area (Å²) in [7, 11) is 0. The van der Waals surface area contributed by atoms with Gasteiger partial charge in [0.05, 0.1) is 11.4 Å². The van der Waals surface area contributed by atoms with Gasteiger partial charge in [0.1, 0.15) is 5.84 Å². The Morgan fingerprint density at radius 1 is 1.16 bits per heavy atom. The highest BCUT2D eigenvalue weighted by Gasteiger charge is 2.24. The number of nitrogens with zero attached hydrogens (tertiary/aromatic N) is 1. The van der Waals surface area contributed by atoms with Crippen LogP contribution in [0.4, 0.5) is 0 Å². The zero-order chi connectivity index (χ0) is 22.5. The van der Waals surface area contributed by atoms with Crippen LogP contribution in [0.25, 0.3) is 11.1 Å². The van der Waals surface area contributed by atoms with Gasteiger partial charge in [-0.25, -0.2) is 4.79 Å². The number of carbonyl (C=O) groups is 1. The molecule has 0 spiro atoms. The van der Waals surface area contributed by atoms with Gasteiger partial charge in [0.2, 0.25) is 0 Å². The van der Waals surface area contributed by atoms with Crippen molar-refractivity contribution in [1.29, 1.82) is 10.8 Å². The summed E-state index contributed by atoms with van der Waals surface area (Å²) in [4.78, 5) is 13.8. The molecule has 3 rings (SSSR count). The van der Waals surface area contributed by atoms with E-state index in [0.717, 1.165) is 42.6 Å². The van der Waals surface area contributed by atoms with Crippen LogP contribution in [0, 0.1) is 16.7 Å². The monoisotopic (exact) mass is 421 g/mol. The Hall–Kier alpha value is -3.19.